The number of carbonyl (C=O) groups excluding carboxylic acids is 1. The monoisotopic (exact) mass is 273 g/mol. The van der Waals surface area contributed by atoms with Crippen molar-refractivity contribution in [2.75, 3.05) is 6.61 Å². The molecule has 0 aliphatic heterocycles. The van der Waals surface area contributed by atoms with E-state index in [-0.39, 0.29) is 12.5 Å². The zero-order valence-corrected chi connectivity index (χ0v) is 12.1. The number of amides is 1. The van der Waals surface area contributed by atoms with E-state index in [0.717, 1.165) is 31.2 Å². The predicted octanol–water partition coefficient (Wildman–Crippen LogP) is 2.46. The highest BCUT2D eigenvalue weighted by molar-refractivity contribution is 5.95. The van der Waals surface area contributed by atoms with Crippen LogP contribution in [0.2, 0.25) is 0 Å². The van der Waals surface area contributed by atoms with Gasteiger partial charge in [-0.15, -0.1) is 0 Å². The van der Waals surface area contributed by atoms with E-state index in [1.165, 1.54) is 24.0 Å². The molecule has 108 valence electrons. The second-order valence-electron chi connectivity index (χ2n) is 6.49. The first kappa shape index (κ1) is 13.6. The van der Waals surface area contributed by atoms with E-state index in [0.29, 0.717) is 5.92 Å². The molecule has 1 fully saturated rings. The SMILES string of the molecule is CC(CO)(NC(=O)c1ccc2c(c1)CCCC2)C1CC1. The first-order valence-electron chi connectivity index (χ1n) is 7.67. The normalized spacial score (nSPS) is 20.9. The molecule has 0 heterocycles. The lowest BCUT2D eigenvalue weighted by atomic mass is 9.90. The highest BCUT2D eigenvalue weighted by Gasteiger charge is 2.42. The molecular weight excluding hydrogens is 250 g/mol. The van der Waals surface area contributed by atoms with Crippen molar-refractivity contribution in [2.24, 2.45) is 5.92 Å². The standard InChI is InChI=1S/C17H23NO2/c1-17(11-19,15-8-9-15)18-16(20)14-7-6-12-4-2-3-5-13(12)10-14/h6-7,10,15,19H,2-5,8-9,11H2,1H3,(H,18,20). The van der Waals surface area contributed by atoms with E-state index in [4.69, 9.17) is 0 Å². The number of carbonyl (C=O) groups is 1. The molecule has 2 N–H and O–H groups in total. The third-order valence-corrected chi connectivity index (χ3v) is 4.82. The van der Waals surface area contributed by atoms with E-state index < -0.39 is 5.54 Å². The molecule has 1 atom stereocenters. The van der Waals surface area contributed by atoms with Gasteiger partial charge in [-0.1, -0.05) is 6.07 Å². The summed E-state index contributed by atoms with van der Waals surface area (Å²) in [7, 11) is 0. The molecule has 0 bridgehead atoms. The van der Waals surface area contributed by atoms with E-state index in [1.807, 2.05) is 19.1 Å². The minimum atomic E-state index is -0.465. The fourth-order valence-electron chi connectivity index (χ4n) is 3.20. The molecule has 1 aromatic carbocycles. The predicted molar refractivity (Wildman–Crippen MR) is 78.8 cm³/mol. The molecule has 1 aromatic rings. The first-order valence-corrected chi connectivity index (χ1v) is 7.67. The van der Waals surface area contributed by atoms with Gasteiger partial charge in [0.05, 0.1) is 12.1 Å². The Bertz CT molecular complexity index is 522. The Kier molecular flexibility index (Phi) is 3.55. The van der Waals surface area contributed by atoms with Gasteiger partial charge >= 0.3 is 0 Å². The maximum atomic E-state index is 12.4. The number of aryl methyl sites for hydroxylation is 2. The lowest BCUT2D eigenvalue weighted by Gasteiger charge is -2.29. The quantitative estimate of drug-likeness (QED) is 0.885. The zero-order chi connectivity index (χ0) is 14.2. The second kappa shape index (κ2) is 5.21. The van der Waals surface area contributed by atoms with Crippen LogP contribution in [0.3, 0.4) is 0 Å². The lowest BCUT2D eigenvalue weighted by Crippen LogP contribution is -2.50. The fraction of sp³-hybridized carbons (Fsp3) is 0.588. The molecule has 3 rings (SSSR count). The first-order chi connectivity index (χ1) is 9.62. The minimum Gasteiger partial charge on any atom is -0.394 e. The smallest absolute Gasteiger partial charge is 0.251 e. The highest BCUT2D eigenvalue weighted by atomic mass is 16.3. The largest absolute Gasteiger partial charge is 0.394 e. The summed E-state index contributed by atoms with van der Waals surface area (Å²) >= 11 is 0. The summed E-state index contributed by atoms with van der Waals surface area (Å²) in [4.78, 5) is 12.4. The summed E-state index contributed by atoms with van der Waals surface area (Å²) in [6.07, 6.45) is 6.88. The van der Waals surface area contributed by atoms with Crippen molar-refractivity contribution < 1.29 is 9.90 Å². The van der Waals surface area contributed by atoms with Crippen LogP contribution in [-0.4, -0.2) is 23.2 Å². The number of aliphatic hydroxyl groups excluding tert-OH is 1. The molecule has 0 aromatic heterocycles. The van der Waals surface area contributed by atoms with Crippen LogP contribution >= 0.6 is 0 Å². The van der Waals surface area contributed by atoms with Gasteiger partial charge in [0.25, 0.3) is 5.91 Å². The van der Waals surface area contributed by atoms with Crippen LogP contribution in [0.25, 0.3) is 0 Å². The molecule has 2 aliphatic rings. The molecule has 1 amide bonds. The maximum Gasteiger partial charge on any atom is 0.251 e. The Balaban J connectivity index is 1.76. The van der Waals surface area contributed by atoms with Crippen LogP contribution in [0.15, 0.2) is 18.2 Å². The Morgan fingerprint density at radius 3 is 2.65 bits per heavy atom. The molecule has 1 saturated carbocycles. The van der Waals surface area contributed by atoms with Gasteiger partial charge < -0.3 is 10.4 Å². The van der Waals surface area contributed by atoms with Gasteiger partial charge in [-0.25, -0.2) is 0 Å². The fourth-order valence-corrected chi connectivity index (χ4v) is 3.20. The number of benzene rings is 1. The van der Waals surface area contributed by atoms with Crippen molar-refractivity contribution in [2.45, 2.75) is 51.0 Å². The summed E-state index contributed by atoms with van der Waals surface area (Å²) in [5.41, 5.74) is 2.97. The molecule has 0 saturated heterocycles. The van der Waals surface area contributed by atoms with Crippen LogP contribution in [-0.2, 0) is 12.8 Å². The van der Waals surface area contributed by atoms with Crippen LogP contribution in [0.4, 0.5) is 0 Å². The molecule has 1 unspecified atom stereocenters. The van der Waals surface area contributed by atoms with Crippen molar-refractivity contribution >= 4 is 5.91 Å². The summed E-state index contributed by atoms with van der Waals surface area (Å²) < 4.78 is 0. The van der Waals surface area contributed by atoms with Crippen molar-refractivity contribution in [3.63, 3.8) is 0 Å². The zero-order valence-electron chi connectivity index (χ0n) is 12.1. The summed E-state index contributed by atoms with van der Waals surface area (Å²) in [6.45, 7) is 1.95. The van der Waals surface area contributed by atoms with Gasteiger partial charge in [-0.3, -0.25) is 4.79 Å². The second-order valence-corrected chi connectivity index (χ2v) is 6.49. The topological polar surface area (TPSA) is 49.3 Å². The molecule has 3 heteroatoms. The third kappa shape index (κ3) is 2.59. The van der Waals surface area contributed by atoms with Crippen LogP contribution in [0.5, 0.6) is 0 Å². The van der Waals surface area contributed by atoms with Crippen molar-refractivity contribution in [3.05, 3.63) is 34.9 Å². The molecule has 2 aliphatic carbocycles. The average Bonchev–Trinajstić information content (AvgIpc) is 3.31. The Hall–Kier alpha value is -1.35. The van der Waals surface area contributed by atoms with Crippen molar-refractivity contribution in [1.82, 2.24) is 5.32 Å². The number of aliphatic hydroxyl groups is 1. The third-order valence-electron chi connectivity index (χ3n) is 4.82. The van der Waals surface area contributed by atoms with Gasteiger partial charge in [-0.05, 0) is 74.6 Å². The van der Waals surface area contributed by atoms with E-state index in [9.17, 15) is 9.90 Å². The number of fused-ring (bicyclic) bond motifs is 1. The molecular formula is C17H23NO2. The maximum absolute atomic E-state index is 12.4. The van der Waals surface area contributed by atoms with Crippen LogP contribution < -0.4 is 5.32 Å². The minimum absolute atomic E-state index is 0.00828. The number of hydrogen-bond acceptors (Lipinski definition) is 2. The summed E-state index contributed by atoms with van der Waals surface area (Å²) in [5, 5.41) is 12.6. The van der Waals surface area contributed by atoms with Gasteiger partial charge in [0.15, 0.2) is 0 Å². The number of hydrogen-bond donors (Lipinski definition) is 2. The Morgan fingerprint density at radius 2 is 2.00 bits per heavy atom. The van der Waals surface area contributed by atoms with Crippen molar-refractivity contribution in [3.8, 4) is 0 Å². The van der Waals surface area contributed by atoms with Crippen LogP contribution in [0.1, 0.15) is 54.1 Å². The lowest BCUT2D eigenvalue weighted by molar-refractivity contribution is 0.0824. The van der Waals surface area contributed by atoms with E-state index in [2.05, 4.69) is 11.4 Å². The summed E-state index contributed by atoms with van der Waals surface area (Å²) in [5.74, 6) is 0.371. The van der Waals surface area contributed by atoms with Gasteiger partial charge in [0.2, 0.25) is 0 Å². The number of nitrogens with one attached hydrogen (secondary N) is 1. The molecule has 3 nitrogen and oxygen atoms in total. The Morgan fingerprint density at radius 1 is 1.30 bits per heavy atom. The highest BCUT2D eigenvalue weighted by Crippen LogP contribution is 2.39. The van der Waals surface area contributed by atoms with E-state index >= 15 is 0 Å². The van der Waals surface area contributed by atoms with E-state index in [1.54, 1.807) is 0 Å². The molecule has 0 spiro atoms. The van der Waals surface area contributed by atoms with Gasteiger partial charge in [-0.2, -0.15) is 0 Å². The van der Waals surface area contributed by atoms with Crippen LogP contribution in [0, 0.1) is 5.92 Å². The summed E-state index contributed by atoms with van der Waals surface area (Å²) in [6, 6.07) is 6.05. The van der Waals surface area contributed by atoms with Gasteiger partial charge in [0, 0.05) is 5.56 Å². The average molecular weight is 273 g/mol. The number of rotatable bonds is 4. The molecule has 20 heavy (non-hydrogen) atoms. The molecule has 0 radical (unpaired) electrons. The Labute approximate surface area is 120 Å². The van der Waals surface area contributed by atoms with Gasteiger partial charge in [0.1, 0.15) is 0 Å². The van der Waals surface area contributed by atoms with Crippen molar-refractivity contribution in [1.29, 1.82) is 0 Å².